The fraction of sp³-hybridized carbons (Fsp3) is 0.0952. The van der Waals surface area contributed by atoms with Crippen LogP contribution in [-0.2, 0) is 9.59 Å². The molecule has 2 aromatic carbocycles. The Kier molecular flexibility index (Phi) is 6.13. The van der Waals surface area contributed by atoms with Crippen molar-refractivity contribution in [2.75, 3.05) is 0 Å². The van der Waals surface area contributed by atoms with E-state index in [1.165, 1.54) is 0 Å². The fourth-order valence-electron chi connectivity index (χ4n) is 2.94. The molecule has 148 valence electrons. The molecule has 1 amide bonds. The Morgan fingerprint density at radius 2 is 1.79 bits per heavy atom. The summed E-state index contributed by atoms with van der Waals surface area (Å²) in [5.41, 5.74) is 7.17. The molecular weight excluding hydrogens is 438 g/mol. The third-order valence-electron chi connectivity index (χ3n) is 4.25. The monoisotopic (exact) mass is 454 g/mol. The minimum Gasteiger partial charge on any atom is -0.550 e. The number of nitrogens with one attached hydrogen (secondary N) is 3. The summed E-state index contributed by atoms with van der Waals surface area (Å²) in [5, 5.41) is 11.3. The van der Waals surface area contributed by atoms with E-state index in [0.717, 1.165) is 15.4 Å². The molecule has 0 atom stereocenters. The average Bonchev–Trinajstić information content (AvgIpc) is 2.70. The van der Waals surface area contributed by atoms with Gasteiger partial charge in [0.15, 0.2) is 0 Å². The lowest BCUT2D eigenvalue weighted by Crippen LogP contribution is -2.38. The summed E-state index contributed by atoms with van der Waals surface area (Å²) in [7, 11) is 0. The number of aromatic nitrogens is 1. The summed E-state index contributed by atoms with van der Waals surface area (Å²) in [5.74, 6) is -1.88. The average molecular weight is 455 g/mol. The third kappa shape index (κ3) is 4.72. The van der Waals surface area contributed by atoms with E-state index in [9.17, 15) is 19.5 Å². The SMILES string of the molecule is C=C(NNC(=O)CCC(=O)[O-])c1c(-c2ccccc2)c2cc(Br)ccc2[nH]c1=O. The molecule has 1 heterocycles. The number of benzene rings is 2. The van der Waals surface area contributed by atoms with Crippen molar-refractivity contribution >= 4 is 44.4 Å². The smallest absolute Gasteiger partial charge is 0.258 e. The van der Waals surface area contributed by atoms with Crippen molar-refractivity contribution in [3.05, 3.63) is 75.5 Å². The number of carbonyl (C=O) groups is 2. The highest BCUT2D eigenvalue weighted by Gasteiger charge is 2.17. The van der Waals surface area contributed by atoms with Crippen LogP contribution < -0.4 is 21.5 Å². The van der Waals surface area contributed by atoms with Crippen molar-refractivity contribution in [1.82, 2.24) is 15.8 Å². The summed E-state index contributed by atoms with van der Waals surface area (Å²) < 4.78 is 0.842. The minimum absolute atomic E-state index is 0.175. The molecule has 0 aliphatic rings. The Labute approximate surface area is 174 Å². The highest BCUT2D eigenvalue weighted by Crippen LogP contribution is 2.33. The van der Waals surface area contributed by atoms with Crippen LogP contribution in [0.4, 0.5) is 0 Å². The first-order valence-electron chi connectivity index (χ1n) is 8.71. The number of carbonyl (C=O) groups excluding carboxylic acids is 2. The Morgan fingerprint density at radius 3 is 2.48 bits per heavy atom. The summed E-state index contributed by atoms with van der Waals surface area (Å²) in [4.78, 5) is 37.9. The van der Waals surface area contributed by atoms with Crippen LogP contribution in [0.15, 0.2) is 64.4 Å². The molecule has 0 bridgehead atoms. The van der Waals surface area contributed by atoms with Gasteiger partial charge in [0, 0.05) is 33.3 Å². The highest BCUT2D eigenvalue weighted by atomic mass is 79.9. The third-order valence-corrected chi connectivity index (χ3v) is 4.74. The second kappa shape index (κ2) is 8.74. The minimum atomic E-state index is -1.32. The van der Waals surface area contributed by atoms with Crippen molar-refractivity contribution < 1.29 is 14.7 Å². The molecule has 0 unspecified atom stereocenters. The van der Waals surface area contributed by atoms with E-state index in [1.54, 1.807) is 6.07 Å². The number of amides is 1. The summed E-state index contributed by atoms with van der Waals surface area (Å²) >= 11 is 3.46. The molecule has 8 heteroatoms. The first kappa shape index (κ1) is 20.3. The second-order valence-corrected chi connectivity index (χ2v) is 7.20. The second-order valence-electron chi connectivity index (χ2n) is 6.28. The maximum absolute atomic E-state index is 12.8. The number of hydrazine groups is 1. The van der Waals surface area contributed by atoms with Crippen LogP contribution in [-0.4, -0.2) is 16.9 Å². The number of carboxylic acid groups (broad SMARTS) is 1. The predicted molar refractivity (Wildman–Crippen MR) is 112 cm³/mol. The molecule has 3 rings (SSSR count). The molecule has 0 spiro atoms. The van der Waals surface area contributed by atoms with Crippen molar-refractivity contribution in [1.29, 1.82) is 0 Å². The van der Waals surface area contributed by atoms with Crippen LogP contribution in [0, 0.1) is 0 Å². The van der Waals surface area contributed by atoms with Crippen LogP contribution in [0.1, 0.15) is 18.4 Å². The van der Waals surface area contributed by atoms with Crippen LogP contribution in [0.5, 0.6) is 0 Å². The van der Waals surface area contributed by atoms with E-state index >= 15 is 0 Å². The molecule has 0 radical (unpaired) electrons. The van der Waals surface area contributed by atoms with Gasteiger partial charge in [-0.3, -0.25) is 20.4 Å². The zero-order valence-electron chi connectivity index (χ0n) is 15.3. The van der Waals surface area contributed by atoms with Gasteiger partial charge in [-0.15, -0.1) is 0 Å². The van der Waals surface area contributed by atoms with E-state index < -0.39 is 18.3 Å². The quantitative estimate of drug-likeness (QED) is 0.472. The zero-order valence-corrected chi connectivity index (χ0v) is 16.8. The number of rotatable bonds is 7. The number of H-pyrrole nitrogens is 1. The van der Waals surface area contributed by atoms with Crippen molar-refractivity contribution in [3.63, 3.8) is 0 Å². The van der Waals surface area contributed by atoms with Gasteiger partial charge in [-0.05, 0) is 30.2 Å². The van der Waals surface area contributed by atoms with Gasteiger partial charge >= 0.3 is 0 Å². The standard InChI is InChI=1S/C21H18BrN3O4/c1-12(24-25-17(26)9-10-18(27)28)19-20(13-5-3-2-4-6-13)15-11-14(22)7-8-16(15)23-21(19)29/h2-8,11,24H,1,9-10H2,(H,23,29)(H,25,26)(H,27,28)/p-1. The number of aliphatic carboxylic acids is 1. The maximum atomic E-state index is 12.8. The first-order chi connectivity index (χ1) is 13.9. The van der Waals surface area contributed by atoms with Crippen molar-refractivity contribution in [2.45, 2.75) is 12.8 Å². The largest absolute Gasteiger partial charge is 0.550 e. The van der Waals surface area contributed by atoms with Gasteiger partial charge in [0.2, 0.25) is 5.91 Å². The Morgan fingerprint density at radius 1 is 1.07 bits per heavy atom. The van der Waals surface area contributed by atoms with E-state index in [1.807, 2.05) is 42.5 Å². The van der Waals surface area contributed by atoms with Gasteiger partial charge in [-0.1, -0.05) is 52.8 Å². The van der Waals surface area contributed by atoms with Crippen LogP contribution in [0.25, 0.3) is 27.7 Å². The molecule has 0 saturated heterocycles. The Hall–Kier alpha value is -3.39. The number of carboxylic acids is 1. The summed E-state index contributed by atoms with van der Waals surface area (Å²) in [6.45, 7) is 3.88. The van der Waals surface area contributed by atoms with E-state index in [4.69, 9.17) is 0 Å². The predicted octanol–water partition coefficient (Wildman–Crippen LogP) is 2.08. The molecule has 0 aliphatic heterocycles. The van der Waals surface area contributed by atoms with Crippen LogP contribution >= 0.6 is 15.9 Å². The normalized spacial score (nSPS) is 10.5. The number of hydrogen-bond acceptors (Lipinski definition) is 5. The molecule has 0 aliphatic carbocycles. The van der Waals surface area contributed by atoms with Gasteiger partial charge in [-0.25, -0.2) is 0 Å². The number of pyridine rings is 1. The molecule has 3 N–H and O–H groups in total. The molecule has 0 fully saturated rings. The fourth-order valence-corrected chi connectivity index (χ4v) is 3.30. The Bertz CT molecular complexity index is 1160. The number of aromatic amines is 1. The number of hydrogen-bond donors (Lipinski definition) is 3. The molecule has 1 aromatic heterocycles. The first-order valence-corrected chi connectivity index (χ1v) is 9.51. The van der Waals surface area contributed by atoms with Crippen LogP contribution in [0.2, 0.25) is 0 Å². The number of fused-ring (bicyclic) bond motifs is 1. The lowest BCUT2D eigenvalue weighted by atomic mass is 9.95. The van der Waals surface area contributed by atoms with E-state index in [2.05, 4.69) is 38.3 Å². The molecule has 0 saturated carbocycles. The van der Waals surface area contributed by atoms with Gasteiger partial charge in [-0.2, -0.15) is 0 Å². The molecular formula is C21H17BrN3O4-. The van der Waals surface area contributed by atoms with E-state index in [0.29, 0.717) is 11.1 Å². The number of halogens is 1. The topological polar surface area (TPSA) is 114 Å². The molecule has 7 nitrogen and oxygen atoms in total. The van der Waals surface area contributed by atoms with Crippen LogP contribution in [0.3, 0.4) is 0 Å². The van der Waals surface area contributed by atoms with Gasteiger partial charge < -0.3 is 14.9 Å². The lowest BCUT2D eigenvalue weighted by Gasteiger charge is -2.17. The van der Waals surface area contributed by atoms with Crippen molar-refractivity contribution in [3.8, 4) is 11.1 Å². The van der Waals surface area contributed by atoms with E-state index in [-0.39, 0.29) is 23.2 Å². The lowest BCUT2D eigenvalue weighted by molar-refractivity contribution is -0.305. The van der Waals surface area contributed by atoms with Crippen molar-refractivity contribution in [2.24, 2.45) is 0 Å². The van der Waals surface area contributed by atoms with Gasteiger partial charge in [0.05, 0.1) is 11.3 Å². The highest BCUT2D eigenvalue weighted by molar-refractivity contribution is 9.10. The van der Waals surface area contributed by atoms with Gasteiger partial charge in [0.1, 0.15) is 0 Å². The summed E-state index contributed by atoms with van der Waals surface area (Å²) in [6, 6.07) is 14.9. The summed E-state index contributed by atoms with van der Waals surface area (Å²) in [6.07, 6.45) is -0.658. The molecule has 3 aromatic rings. The molecule has 29 heavy (non-hydrogen) atoms. The zero-order chi connectivity index (χ0) is 21.0. The van der Waals surface area contributed by atoms with Gasteiger partial charge in [0.25, 0.3) is 5.56 Å². The Balaban J connectivity index is 2.04. The maximum Gasteiger partial charge on any atom is 0.258 e.